The van der Waals surface area contributed by atoms with Crippen LogP contribution in [0.1, 0.15) is 50.6 Å². The van der Waals surface area contributed by atoms with Gasteiger partial charge in [0, 0.05) is 11.1 Å². The van der Waals surface area contributed by atoms with E-state index in [-0.39, 0.29) is 11.5 Å². The van der Waals surface area contributed by atoms with Gasteiger partial charge in [-0.3, -0.25) is 0 Å². The Morgan fingerprint density at radius 2 is 2.17 bits per heavy atom. The minimum absolute atomic E-state index is 0.200. The molecule has 1 aliphatic carbocycles. The van der Waals surface area contributed by atoms with Crippen LogP contribution in [0.4, 0.5) is 8.78 Å². The lowest BCUT2D eigenvalue weighted by molar-refractivity contribution is 0.0583. The number of fused-ring (bicyclic) bond motifs is 5. The van der Waals surface area contributed by atoms with E-state index >= 15 is 0 Å². The van der Waals surface area contributed by atoms with Crippen molar-refractivity contribution in [2.75, 3.05) is 0 Å². The van der Waals surface area contributed by atoms with E-state index in [1.54, 1.807) is 22.2 Å². The summed E-state index contributed by atoms with van der Waals surface area (Å²) in [6.07, 6.45) is 7.30. The minimum Gasteiger partial charge on any atom is -0.225 e. The van der Waals surface area contributed by atoms with E-state index in [0.29, 0.717) is 21.7 Å². The number of alkyl halides is 2. The maximum absolute atomic E-state index is 13.2. The number of aryl methyl sites for hydroxylation is 1. The van der Waals surface area contributed by atoms with Gasteiger partial charge in [-0.05, 0) is 42.2 Å². The monoisotopic (exact) mass is 416 g/mol. The number of rotatable bonds is 4. The summed E-state index contributed by atoms with van der Waals surface area (Å²) in [5.74, 6) is 0.885. The Morgan fingerprint density at radius 3 is 2.93 bits per heavy atom. The fraction of sp³-hybridized carbons (Fsp3) is 0.500. The van der Waals surface area contributed by atoms with Gasteiger partial charge in [0.15, 0.2) is 5.65 Å². The zero-order valence-corrected chi connectivity index (χ0v) is 17.4. The second-order valence-corrected chi connectivity index (χ2v) is 9.44. The number of aromatic nitrogens is 6. The van der Waals surface area contributed by atoms with Gasteiger partial charge in [-0.25, -0.2) is 19.2 Å². The smallest absolute Gasteiger partial charge is 0.225 e. The van der Waals surface area contributed by atoms with Crippen LogP contribution in [0, 0.1) is 11.3 Å². The van der Waals surface area contributed by atoms with Crippen molar-refractivity contribution in [2.24, 2.45) is 11.3 Å². The van der Waals surface area contributed by atoms with Crippen molar-refractivity contribution < 1.29 is 8.78 Å². The molecule has 0 aromatic carbocycles. The van der Waals surface area contributed by atoms with E-state index < -0.39 is 6.55 Å². The number of hydrogen-bond donors (Lipinski definition) is 0. The second-order valence-electron chi connectivity index (χ2n) is 8.35. The van der Waals surface area contributed by atoms with Crippen molar-refractivity contribution in [3.8, 4) is 11.5 Å². The molecule has 0 amide bonds. The van der Waals surface area contributed by atoms with Crippen LogP contribution in [0.15, 0.2) is 18.6 Å². The van der Waals surface area contributed by atoms with Gasteiger partial charge in [0.05, 0.1) is 5.39 Å². The van der Waals surface area contributed by atoms with Crippen molar-refractivity contribution in [2.45, 2.75) is 53.0 Å². The Balaban J connectivity index is 1.63. The van der Waals surface area contributed by atoms with Crippen LogP contribution in [-0.4, -0.2) is 29.4 Å². The molecule has 4 heterocycles. The Bertz CT molecular complexity index is 1200. The highest BCUT2D eigenvalue weighted by Gasteiger charge is 2.33. The molecule has 0 spiro atoms. The largest absolute Gasteiger partial charge is 0.333 e. The summed E-state index contributed by atoms with van der Waals surface area (Å²) in [7, 11) is 0. The normalized spacial score (nSPS) is 17.5. The minimum atomic E-state index is -2.74. The number of thiophene rings is 1. The topological polar surface area (TPSA) is 60.9 Å². The van der Waals surface area contributed by atoms with Crippen molar-refractivity contribution in [1.29, 1.82) is 0 Å². The average molecular weight is 417 g/mol. The molecule has 152 valence electrons. The Kier molecular flexibility index (Phi) is 4.20. The Morgan fingerprint density at radius 1 is 1.34 bits per heavy atom. The quantitative estimate of drug-likeness (QED) is 0.462. The molecule has 0 N–H and O–H groups in total. The van der Waals surface area contributed by atoms with Crippen LogP contribution >= 0.6 is 11.3 Å². The van der Waals surface area contributed by atoms with E-state index in [1.165, 1.54) is 22.7 Å². The molecule has 5 rings (SSSR count). The highest BCUT2D eigenvalue weighted by Crippen LogP contribution is 2.45. The first kappa shape index (κ1) is 18.6. The Labute approximate surface area is 170 Å². The third kappa shape index (κ3) is 2.86. The fourth-order valence-corrected chi connectivity index (χ4v) is 5.55. The van der Waals surface area contributed by atoms with E-state index in [2.05, 4.69) is 40.9 Å². The highest BCUT2D eigenvalue weighted by atomic mass is 32.1. The third-order valence-electron chi connectivity index (χ3n) is 6.49. The van der Waals surface area contributed by atoms with E-state index in [0.717, 1.165) is 35.9 Å². The number of hydrogen-bond acceptors (Lipinski definition) is 5. The molecule has 0 fully saturated rings. The maximum atomic E-state index is 13.2. The maximum Gasteiger partial charge on any atom is 0.333 e. The predicted octanol–water partition coefficient (Wildman–Crippen LogP) is 5.14. The van der Waals surface area contributed by atoms with E-state index in [1.807, 2.05) is 0 Å². The average Bonchev–Trinajstić information content (AvgIpc) is 3.41. The standard InChI is InChI=1S/C20H22F2N6S/c1-4-20(2,3)11-5-6-12-14(9-11)29-18-15(12)17-25-16(26-27(17)10-23-18)13-7-8-24-28(13)19(21)22/h7-8,10-11,19H,4-6,9H2,1-3H3. The van der Waals surface area contributed by atoms with Crippen molar-refractivity contribution >= 4 is 27.2 Å². The van der Waals surface area contributed by atoms with Gasteiger partial charge in [-0.2, -0.15) is 13.9 Å². The molecule has 0 saturated carbocycles. The molecule has 4 aromatic heterocycles. The van der Waals surface area contributed by atoms with Gasteiger partial charge in [0.2, 0.25) is 5.82 Å². The lowest BCUT2D eigenvalue weighted by atomic mass is 9.70. The predicted molar refractivity (Wildman–Crippen MR) is 108 cm³/mol. The molecule has 4 aromatic rings. The van der Waals surface area contributed by atoms with Crippen LogP contribution in [0.25, 0.3) is 27.4 Å². The molecule has 0 radical (unpaired) electrons. The fourth-order valence-electron chi connectivity index (χ4n) is 4.29. The molecule has 1 atom stereocenters. The van der Waals surface area contributed by atoms with Gasteiger partial charge in [-0.15, -0.1) is 16.4 Å². The van der Waals surface area contributed by atoms with Crippen LogP contribution < -0.4 is 0 Å². The molecule has 6 nitrogen and oxygen atoms in total. The first-order valence-corrected chi connectivity index (χ1v) is 10.7. The Hall–Kier alpha value is -2.42. The molecule has 0 bridgehead atoms. The first-order valence-electron chi connectivity index (χ1n) is 9.86. The van der Waals surface area contributed by atoms with Crippen LogP contribution in [0.5, 0.6) is 0 Å². The molecule has 0 aliphatic heterocycles. The summed E-state index contributed by atoms with van der Waals surface area (Å²) >= 11 is 1.73. The SMILES string of the molecule is CCC(C)(C)C1CCc2c(sc3ncn4nc(-c5ccnn5C(F)F)nc4c23)C1. The van der Waals surface area contributed by atoms with Crippen molar-refractivity contribution in [1.82, 2.24) is 29.4 Å². The van der Waals surface area contributed by atoms with E-state index in [9.17, 15) is 8.78 Å². The highest BCUT2D eigenvalue weighted by molar-refractivity contribution is 7.19. The molecular weight excluding hydrogens is 394 g/mol. The van der Waals surface area contributed by atoms with Gasteiger partial charge >= 0.3 is 6.55 Å². The molecule has 1 aliphatic rings. The zero-order chi connectivity index (χ0) is 20.3. The van der Waals surface area contributed by atoms with Gasteiger partial charge in [-0.1, -0.05) is 27.2 Å². The van der Waals surface area contributed by atoms with Crippen LogP contribution in [-0.2, 0) is 12.8 Å². The van der Waals surface area contributed by atoms with Gasteiger partial charge in [0.1, 0.15) is 16.9 Å². The number of halogens is 2. The van der Waals surface area contributed by atoms with Crippen LogP contribution in [0.2, 0.25) is 0 Å². The number of nitrogens with zero attached hydrogens (tertiary/aromatic N) is 6. The molecule has 9 heteroatoms. The van der Waals surface area contributed by atoms with E-state index in [4.69, 9.17) is 0 Å². The summed E-state index contributed by atoms with van der Waals surface area (Å²) in [6.45, 7) is 4.22. The lowest BCUT2D eigenvalue weighted by Crippen LogP contribution is -2.28. The summed E-state index contributed by atoms with van der Waals surface area (Å²) in [4.78, 5) is 11.5. The van der Waals surface area contributed by atoms with Crippen molar-refractivity contribution in [3.05, 3.63) is 29.0 Å². The van der Waals surface area contributed by atoms with Crippen molar-refractivity contribution in [3.63, 3.8) is 0 Å². The third-order valence-corrected chi connectivity index (χ3v) is 7.65. The summed E-state index contributed by atoms with van der Waals surface area (Å²) in [6, 6.07) is 1.51. The summed E-state index contributed by atoms with van der Waals surface area (Å²) < 4.78 is 28.7. The molecule has 29 heavy (non-hydrogen) atoms. The molecular formula is C20H22F2N6S. The van der Waals surface area contributed by atoms with Crippen LogP contribution in [0.3, 0.4) is 0 Å². The summed E-state index contributed by atoms with van der Waals surface area (Å²) in [5, 5.41) is 9.10. The lowest BCUT2D eigenvalue weighted by Gasteiger charge is -2.36. The first-order chi connectivity index (χ1) is 13.9. The van der Waals surface area contributed by atoms with Gasteiger partial charge < -0.3 is 0 Å². The zero-order valence-electron chi connectivity index (χ0n) is 16.6. The summed E-state index contributed by atoms with van der Waals surface area (Å²) in [5.41, 5.74) is 2.49. The van der Waals surface area contributed by atoms with Gasteiger partial charge in [0.25, 0.3) is 0 Å². The molecule has 0 saturated heterocycles. The second kappa shape index (κ2) is 6.55. The molecule has 1 unspecified atom stereocenters.